The van der Waals surface area contributed by atoms with Gasteiger partial charge in [-0.3, -0.25) is 11.3 Å². The van der Waals surface area contributed by atoms with Gasteiger partial charge in [0.2, 0.25) is 0 Å². The first-order chi connectivity index (χ1) is 5.77. The molecule has 1 unspecified atom stereocenters. The normalized spacial score (nSPS) is 12.9. The molecule has 0 fully saturated rings. The Morgan fingerprint density at radius 1 is 1.75 bits per heavy atom. The van der Waals surface area contributed by atoms with Crippen molar-refractivity contribution in [3.63, 3.8) is 0 Å². The Morgan fingerprint density at radius 3 is 3.00 bits per heavy atom. The van der Waals surface area contributed by atoms with Crippen LogP contribution in [0, 0.1) is 0 Å². The zero-order valence-electron chi connectivity index (χ0n) is 6.92. The van der Waals surface area contributed by atoms with Gasteiger partial charge in [0.05, 0.1) is 0 Å². The van der Waals surface area contributed by atoms with Crippen LogP contribution in [0.5, 0.6) is 0 Å². The van der Waals surface area contributed by atoms with Gasteiger partial charge < -0.3 is 0 Å². The molecule has 3 nitrogen and oxygen atoms in total. The van der Waals surface area contributed by atoms with E-state index in [4.69, 9.17) is 17.4 Å². The zero-order valence-corrected chi connectivity index (χ0v) is 7.67. The fourth-order valence-electron chi connectivity index (χ4n) is 1.08. The molecular weight excluding hydrogens is 174 g/mol. The number of hydrogen-bond donors (Lipinski definition) is 2. The number of nitrogens with zero attached hydrogens (tertiary/aromatic N) is 1. The fraction of sp³-hybridized carbons (Fsp3) is 0.375. The van der Waals surface area contributed by atoms with E-state index < -0.39 is 0 Å². The molecule has 0 aliphatic heterocycles. The molecule has 0 saturated heterocycles. The van der Waals surface area contributed by atoms with Crippen LogP contribution in [0.15, 0.2) is 18.3 Å². The number of hydrogen-bond acceptors (Lipinski definition) is 3. The SMILES string of the molecule is CCC(NN)c1ccnc(Cl)c1. The highest BCUT2D eigenvalue weighted by atomic mass is 35.5. The number of nitrogens with two attached hydrogens (primary N) is 1. The average Bonchev–Trinajstić information content (AvgIpc) is 2.07. The minimum absolute atomic E-state index is 0.158. The van der Waals surface area contributed by atoms with Gasteiger partial charge in [0, 0.05) is 12.2 Å². The van der Waals surface area contributed by atoms with Crippen LogP contribution >= 0.6 is 11.6 Å². The van der Waals surface area contributed by atoms with Crippen molar-refractivity contribution < 1.29 is 0 Å². The van der Waals surface area contributed by atoms with Crippen LogP contribution in [-0.4, -0.2) is 4.98 Å². The van der Waals surface area contributed by atoms with Crippen molar-refractivity contribution in [2.24, 2.45) is 5.84 Å². The standard InChI is InChI=1S/C8H12ClN3/c1-2-7(12-10)6-3-4-11-8(9)5-6/h3-5,7,12H,2,10H2,1H3. The Kier molecular flexibility index (Phi) is 3.47. The van der Waals surface area contributed by atoms with Crippen LogP contribution in [-0.2, 0) is 0 Å². The highest BCUT2D eigenvalue weighted by Gasteiger charge is 2.06. The smallest absolute Gasteiger partial charge is 0.129 e. The second kappa shape index (κ2) is 4.40. The van der Waals surface area contributed by atoms with Gasteiger partial charge in [0.15, 0.2) is 0 Å². The van der Waals surface area contributed by atoms with Crippen molar-refractivity contribution in [3.8, 4) is 0 Å². The molecule has 1 rings (SSSR count). The Morgan fingerprint density at radius 2 is 2.50 bits per heavy atom. The van der Waals surface area contributed by atoms with Gasteiger partial charge in [-0.15, -0.1) is 0 Å². The Hall–Kier alpha value is -0.640. The van der Waals surface area contributed by atoms with Crippen LogP contribution in [0.25, 0.3) is 0 Å². The van der Waals surface area contributed by atoms with E-state index in [9.17, 15) is 0 Å². The predicted molar refractivity (Wildman–Crippen MR) is 49.6 cm³/mol. The minimum atomic E-state index is 0.158. The molecule has 0 amide bonds. The number of pyridine rings is 1. The van der Waals surface area contributed by atoms with Gasteiger partial charge in [-0.05, 0) is 24.1 Å². The maximum Gasteiger partial charge on any atom is 0.129 e. The van der Waals surface area contributed by atoms with Crippen LogP contribution in [0.2, 0.25) is 5.15 Å². The summed E-state index contributed by atoms with van der Waals surface area (Å²) < 4.78 is 0. The van der Waals surface area contributed by atoms with Gasteiger partial charge in [-0.25, -0.2) is 4.98 Å². The van der Waals surface area contributed by atoms with Crippen LogP contribution in [0.3, 0.4) is 0 Å². The molecule has 0 aliphatic carbocycles. The van der Waals surface area contributed by atoms with Crippen molar-refractivity contribution in [1.29, 1.82) is 0 Å². The van der Waals surface area contributed by atoms with E-state index in [1.165, 1.54) is 0 Å². The first-order valence-corrected chi connectivity index (χ1v) is 4.23. The fourth-order valence-corrected chi connectivity index (χ4v) is 1.27. The minimum Gasteiger partial charge on any atom is -0.271 e. The van der Waals surface area contributed by atoms with Gasteiger partial charge in [0.25, 0.3) is 0 Å². The second-order valence-electron chi connectivity index (χ2n) is 2.54. The molecule has 0 saturated carbocycles. The lowest BCUT2D eigenvalue weighted by Gasteiger charge is -2.13. The first-order valence-electron chi connectivity index (χ1n) is 3.85. The molecule has 0 spiro atoms. The van der Waals surface area contributed by atoms with Crippen molar-refractivity contribution in [1.82, 2.24) is 10.4 Å². The van der Waals surface area contributed by atoms with Gasteiger partial charge in [-0.2, -0.15) is 0 Å². The molecule has 66 valence electrons. The quantitative estimate of drug-likeness (QED) is 0.428. The third kappa shape index (κ3) is 2.17. The average molecular weight is 186 g/mol. The molecule has 0 aromatic carbocycles. The number of aromatic nitrogens is 1. The summed E-state index contributed by atoms with van der Waals surface area (Å²) in [5, 5.41) is 0.501. The number of halogens is 1. The summed E-state index contributed by atoms with van der Waals surface area (Å²) >= 11 is 5.72. The van der Waals surface area contributed by atoms with E-state index in [1.807, 2.05) is 12.1 Å². The Balaban J connectivity index is 2.85. The van der Waals surface area contributed by atoms with Crippen molar-refractivity contribution in [2.75, 3.05) is 0 Å². The lowest BCUT2D eigenvalue weighted by Crippen LogP contribution is -2.27. The topological polar surface area (TPSA) is 50.9 Å². The molecule has 0 bridgehead atoms. The van der Waals surface area contributed by atoms with E-state index >= 15 is 0 Å². The molecular formula is C8H12ClN3. The predicted octanol–water partition coefficient (Wildman–Crippen LogP) is 1.65. The first kappa shape index (κ1) is 9.45. The van der Waals surface area contributed by atoms with Gasteiger partial charge in [-0.1, -0.05) is 18.5 Å². The van der Waals surface area contributed by atoms with E-state index in [0.29, 0.717) is 5.15 Å². The van der Waals surface area contributed by atoms with Crippen molar-refractivity contribution >= 4 is 11.6 Å². The molecule has 1 aromatic rings. The lowest BCUT2D eigenvalue weighted by molar-refractivity contribution is 0.538. The maximum absolute atomic E-state index is 5.72. The molecule has 1 heterocycles. The third-order valence-electron chi connectivity index (χ3n) is 1.76. The van der Waals surface area contributed by atoms with E-state index in [-0.39, 0.29) is 6.04 Å². The van der Waals surface area contributed by atoms with Gasteiger partial charge in [0.1, 0.15) is 5.15 Å². The zero-order chi connectivity index (χ0) is 8.97. The number of rotatable bonds is 3. The highest BCUT2D eigenvalue weighted by molar-refractivity contribution is 6.29. The largest absolute Gasteiger partial charge is 0.271 e. The van der Waals surface area contributed by atoms with E-state index in [1.54, 1.807) is 6.20 Å². The van der Waals surface area contributed by atoms with Crippen LogP contribution in [0.4, 0.5) is 0 Å². The summed E-state index contributed by atoms with van der Waals surface area (Å²) in [7, 11) is 0. The van der Waals surface area contributed by atoms with Crippen LogP contribution in [0.1, 0.15) is 24.9 Å². The Bertz CT molecular complexity index is 248. The molecule has 4 heteroatoms. The molecule has 1 aromatic heterocycles. The van der Waals surface area contributed by atoms with Crippen molar-refractivity contribution in [2.45, 2.75) is 19.4 Å². The summed E-state index contributed by atoms with van der Waals surface area (Å²) in [4.78, 5) is 3.89. The van der Waals surface area contributed by atoms with E-state index in [2.05, 4.69) is 17.3 Å². The number of hydrazine groups is 1. The summed E-state index contributed by atoms with van der Waals surface area (Å²) in [6, 6.07) is 3.88. The summed E-state index contributed by atoms with van der Waals surface area (Å²) in [6.45, 7) is 2.05. The van der Waals surface area contributed by atoms with Gasteiger partial charge >= 0.3 is 0 Å². The van der Waals surface area contributed by atoms with Crippen molar-refractivity contribution in [3.05, 3.63) is 29.0 Å². The Labute approximate surface area is 76.9 Å². The van der Waals surface area contributed by atoms with Crippen LogP contribution < -0.4 is 11.3 Å². The molecule has 1 atom stereocenters. The second-order valence-corrected chi connectivity index (χ2v) is 2.93. The molecule has 0 aliphatic rings. The van der Waals surface area contributed by atoms with E-state index in [0.717, 1.165) is 12.0 Å². The number of nitrogens with one attached hydrogen (secondary N) is 1. The summed E-state index contributed by atoms with van der Waals surface area (Å²) in [5.74, 6) is 5.35. The molecule has 12 heavy (non-hydrogen) atoms. The summed E-state index contributed by atoms with van der Waals surface area (Å²) in [6.07, 6.45) is 2.61. The summed E-state index contributed by atoms with van der Waals surface area (Å²) in [5.41, 5.74) is 3.78. The third-order valence-corrected chi connectivity index (χ3v) is 1.97. The lowest BCUT2D eigenvalue weighted by atomic mass is 10.1. The molecule has 3 N–H and O–H groups in total. The maximum atomic E-state index is 5.72. The highest BCUT2D eigenvalue weighted by Crippen LogP contribution is 2.17. The monoisotopic (exact) mass is 185 g/mol. The molecule has 0 radical (unpaired) electrons.